The smallest absolute Gasteiger partial charge is 0.177 e. The molecule has 16 heavy (non-hydrogen) atoms. The first-order valence-electron chi connectivity index (χ1n) is 4.48. The molecule has 0 heterocycles. The Hall–Kier alpha value is -0.980. The zero-order valence-corrected chi connectivity index (χ0v) is 10.2. The minimum Gasteiger partial charge on any atom is -0.492 e. The van der Waals surface area contributed by atoms with Crippen molar-refractivity contribution < 1.29 is 18.7 Å². The van der Waals surface area contributed by atoms with Crippen LogP contribution in [0.25, 0.3) is 0 Å². The van der Waals surface area contributed by atoms with Gasteiger partial charge in [0.15, 0.2) is 11.5 Å². The SMILES string of the molecule is COc1c(CON)cc(F)c(SC)c1OC. The molecule has 0 spiro atoms. The lowest BCUT2D eigenvalue weighted by Gasteiger charge is -2.15. The summed E-state index contributed by atoms with van der Waals surface area (Å²) in [4.78, 5) is 4.89. The Bertz CT molecular complexity index is 374. The summed E-state index contributed by atoms with van der Waals surface area (Å²) in [7, 11) is 2.95. The minimum absolute atomic E-state index is 0.0606. The van der Waals surface area contributed by atoms with Crippen LogP contribution in [-0.2, 0) is 11.4 Å². The molecule has 0 amide bonds. The van der Waals surface area contributed by atoms with Gasteiger partial charge in [-0.15, -0.1) is 11.8 Å². The molecule has 0 aromatic heterocycles. The van der Waals surface area contributed by atoms with Crippen molar-refractivity contribution >= 4 is 11.8 Å². The van der Waals surface area contributed by atoms with Crippen molar-refractivity contribution in [2.75, 3.05) is 20.5 Å². The van der Waals surface area contributed by atoms with Gasteiger partial charge in [-0.25, -0.2) is 10.3 Å². The third kappa shape index (κ3) is 2.40. The Kier molecular flexibility index (Phi) is 4.85. The number of nitrogens with two attached hydrogens (primary N) is 1. The standard InChI is InChI=1S/C10H14FNO3S/c1-13-8-6(5-15-12)4-7(11)10(16-3)9(8)14-2/h4H,5,12H2,1-3H3. The van der Waals surface area contributed by atoms with Crippen LogP contribution in [0.15, 0.2) is 11.0 Å². The highest BCUT2D eigenvalue weighted by molar-refractivity contribution is 7.98. The number of benzene rings is 1. The molecule has 0 aliphatic carbocycles. The van der Waals surface area contributed by atoms with Gasteiger partial charge in [-0.3, -0.25) is 4.84 Å². The van der Waals surface area contributed by atoms with E-state index in [4.69, 9.17) is 15.4 Å². The van der Waals surface area contributed by atoms with Crippen molar-refractivity contribution in [1.82, 2.24) is 0 Å². The zero-order chi connectivity index (χ0) is 12.1. The summed E-state index contributed by atoms with van der Waals surface area (Å²) in [5, 5.41) is 0. The van der Waals surface area contributed by atoms with Gasteiger partial charge in [0, 0.05) is 5.56 Å². The van der Waals surface area contributed by atoms with E-state index in [1.807, 2.05) is 0 Å². The highest BCUT2D eigenvalue weighted by Gasteiger charge is 2.19. The van der Waals surface area contributed by atoms with E-state index in [9.17, 15) is 4.39 Å². The third-order valence-corrected chi connectivity index (χ3v) is 2.86. The van der Waals surface area contributed by atoms with Crippen LogP contribution in [-0.4, -0.2) is 20.5 Å². The quantitative estimate of drug-likeness (QED) is 0.636. The topological polar surface area (TPSA) is 53.7 Å². The first kappa shape index (κ1) is 13.1. The molecular formula is C10H14FNO3S. The lowest BCUT2D eigenvalue weighted by molar-refractivity contribution is 0.121. The maximum absolute atomic E-state index is 13.7. The van der Waals surface area contributed by atoms with Gasteiger partial charge in [0.25, 0.3) is 0 Å². The largest absolute Gasteiger partial charge is 0.492 e. The van der Waals surface area contributed by atoms with Crippen molar-refractivity contribution in [3.8, 4) is 11.5 Å². The molecule has 0 radical (unpaired) electrons. The molecular weight excluding hydrogens is 233 g/mol. The molecule has 0 atom stereocenters. The fraction of sp³-hybridized carbons (Fsp3) is 0.400. The van der Waals surface area contributed by atoms with Crippen molar-refractivity contribution in [2.24, 2.45) is 5.90 Å². The van der Waals surface area contributed by atoms with Crippen LogP contribution >= 0.6 is 11.8 Å². The van der Waals surface area contributed by atoms with Gasteiger partial charge < -0.3 is 9.47 Å². The monoisotopic (exact) mass is 247 g/mol. The summed E-state index contributed by atoms with van der Waals surface area (Å²) in [6.45, 7) is 0.0606. The Morgan fingerprint density at radius 3 is 2.38 bits per heavy atom. The highest BCUT2D eigenvalue weighted by atomic mass is 32.2. The number of hydrogen-bond donors (Lipinski definition) is 1. The normalized spacial score (nSPS) is 10.3. The average Bonchev–Trinajstić information content (AvgIpc) is 2.28. The fourth-order valence-electron chi connectivity index (χ4n) is 1.44. The number of thioether (sulfide) groups is 1. The lowest BCUT2D eigenvalue weighted by Crippen LogP contribution is -2.04. The second kappa shape index (κ2) is 5.93. The van der Waals surface area contributed by atoms with Gasteiger partial charge in [-0.2, -0.15) is 0 Å². The Labute approximate surface area is 97.8 Å². The fourth-order valence-corrected chi connectivity index (χ4v) is 2.05. The molecule has 0 aliphatic heterocycles. The maximum atomic E-state index is 13.7. The van der Waals surface area contributed by atoms with E-state index >= 15 is 0 Å². The first-order chi connectivity index (χ1) is 7.69. The van der Waals surface area contributed by atoms with Crippen molar-refractivity contribution in [1.29, 1.82) is 0 Å². The van der Waals surface area contributed by atoms with Crippen LogP contribution in [0, 0.1) is 5.82 Å². The summed E-state index contributed by atoms with van der Waals surface area (Å²) in [5.41, 5.74) is 0.511. The van der Waals surface area contributed by atoms with Crippen LogP contribution < -0.4 is 15.4 Å². The van der Waals surface area contributed by atoms with Gasteiger partial charge >= 0.3 is 0 Å². The van der Waals surface area contributed by atoms with E-state index in [2.05, 4.69) is 4.84 Å². The average molecular weight is 247 g/mol. The Morgan fingerprint density at radius 1 is 1.31 bits per heavy atom. The molecule has 2 N–H and O–H groups in total. The Balaban J connectivity index is 3.37. The van der Waals surface area contributed by atoms with E-state index in [0.29, 0.717) is 22.0 Å². The number of rotatable bonds is 5. The van der Waals surface area contributed by atoms with Gasteiger partial charge in [0.05, 0.1) is 25.7 Å². The Morgan fingerprint density at radius 2 is 1.94 bits per heavy atom. The second-order valence-electron chi connectivity index (χ2n) is 2.93. The predicted octanol–water partition coefficient (Wildman–Crippen LogP) is 1.96. The van der Waals surface area contributed by atoms with Crippen LogP contribution in [0.1, 0.15) is 5.56 Å². The van der Waals surface area contributed by atoms with E-state index in [0.717, 1.165) is 0 Å². The molecule has 4 nitrogen and oxygen atoms in total. The van der Waals surface area contributed by atoms with Crippen molar-refractivity contribution in [3.05, 3.63) is 17.4 Å². The maximum Gasteiger partial charge on any atom is 0.177 e. The highest BCUT2D eigenvalue weighted by Crippen LogP contribution is 2.41. The van der Waals surface area contributed by atoms with Gasteiger partial charge in [-0.05, 0) is 12.3 Å². The number of ether oxygens (including phenoxy) is 2. The molecule has 90 valence electrons. The lowest BCUT2D eigenvalue weighted by atomic mass is 10.2. The minimum atomic E-state index is -0.378. The number of methoxy groups -OCH3 is 2. The zero-order valence-electron chi connectivity index (χ0n) is 9.37. The van der Waals surface area contributed by atoms with Crippen molar-refractivity contribution in [2.45, 2.75) is 11.5 Å². The van der Waals surface area contributed by atoms with Gasteiger partial charge in [-0.1, -0.05) is 0 Å². The van der Waals surface area contributed by atoms with Crippen molar-refractivity contribution in [3.63, 3.8) is 0 Å². The van der Waals surface area contributed by atoms with Gasteiger partial charge in [0.2, 0.25) is 0 Å². The molecule has 0 saturated heterocycles. The molecule has 6 heteroatoms. The molecule has 0 bridgehead atoms. The van der Waals surface area contributed by atoms with Crippen LogP contribution in [0.2, 0.25) is 0 Å². The molecule has 0 unspecified atom stereocenters. The molecule has 1 aromatic rings. The van der Waals surface area contributed by atoms with Crippen LogP contribution in [0.4, 0.5) is 4.39 Å². The first-order valence-corrected chi connectivity index (χ1v) is 5.71. The van der Waals surface area contributed by atoms with E-state index in [1.165, 1.54) is 32.0 Å². The molecule has 1 rings (SSSR count). The van der Waals surface area contributed by atoms with Gasteiger partial charge in [0.1, 0.15) is 5.82 Å². The summed E-state index contributed by atoms with van der Waals surface area (Å²) in [5.74, 6) is 5.40. The molecule has 0 saturated carbocycles. The summed E-state index contributed by atoms with van der Waals surface area (Å²) in [6.07, 6.45) is 1.76. The summed E-state index contributed by atoms with van der Waals surface area (Å²) in [6, 6.07) is 1.33. The number of halogens is 1. The van der Waals surface area contributed by atoms with E-state index in [-0.39, 0.29) is 12.4 Å². The number of hydrogen-bond acceptors (Lipinski definition) is 5. The summed E-state index contributed by atoms with van der Waals surface area (Å²) < 4.78 is 24.0. The van der Waals surface area contributed by atoms with E-state index in [1.54, 1.807) is 6.26 Å². The molecule has 0 aliphatic rings. The van der Waals surface area contributed by atoms with E-state index < -0.39 is 0 Å². The molecule has 0 fully saturated rings. The third-order valence-electron chi connectivity index (χ3n) is 2.07. The van der Waals surface area contributed by atoms with Crippen LogP contribution in [0.5, 0.6) is 11.5 Å². The molecule has 1 aromatic carbocycles. The predicted molar refractivity (Wildman–Crippen MR) is 60.3 cm³/mol. The second-order valence-corrected chi connectivity index (χ2v) is 3.74. The summed E-state index contributed by atoms with van der Waals surface area (Å²) >= 11 is 1.25. The van der Waals surface area contributed by atoms with Crippen LogP contribution in [0.3, 0.4) is 0 Å².